The van der Waals surface area contributed by atoms with E-state index in [-0.39, 0.29) is 0 Å². The maximum atomic E-state index is 9.41. The average molecular weight is 270 g/mol. The van der Waals surface area contributed by atoms with Gasteiger partial charge in [-0.15, -0.1) is 0 Å². The van der Waals surface area contributed by atoms with E-state index >= 15 is 0 Å². The second-order valence-electron chi connectivity index (χ2n) is 2.62. The maximum Gasteiger partial charge on any atom is 0.129 e. The predicted octanol–water partition coefficient (Wildman–Crippen LogP) is 3.15. The highest BCUT2D eigenvalue weighted by Crippen LogP contribution is 2.27. The van der Waals surface area contributed by atoms with Gasteiger partial charge in [0.15, 0.2) is 0 Å². The molecule has 0 aliphatic carbocycles. The van der Waals surface area contributed by atoms with Gasteiger partial charge in [0, 0.05) is 0 Å². The Morgan fingerprint density at radius 3 is 2.58 bits per heavy atom. The fourth-order valence-electron chi connectivity index (χ4n) is 1.22. The van der Waals surface area contributed by atoms with Crippen molar-refractivity contribution in [1.82, 2.24) is 0 Å². The van der Waals surface area contributed by atoms with Crippen LogP contribution in [-0.4, -0.2) is 5.11 Å². The Hall–Kier alpha value is -0.770. The summed E-state index contributed by atoms with van der Waals surface area (Å²) < 4.78 is 0.922. The van der Waals surface area contributed by atoms with E-state index in [9.17, 15) is 5.11 Å². The Labute approximate surface area is 84.2 Å². The average Bonchev–Trinajstić information content (AvgIpc) is 2.12. The number of halogens is 1. The fourth-order valence-corrected chi connectivity index (χ4v) is 1.89. The number of rotatable bonds is 0. The number of phenols is 1. The number of fused-ring (bicyclic) bond motifs is 1. The first-order valence-corrected chi connectivity index (χ1v) is 4.73. The van der Waals surface area contributed by atoms with Crippen molar-refractivity contribution in [3.8, 4) is 5.75 Å². The molecule has 0 radical (unpaired) electrons. The van der Waals surface area contributed by atoms with E-state index in [1.165, 1.54) is 5.39 Å². The van der Waals surface area contributed by atoms with Crippen LogP contribution in [0.4, 0.5) is 0 Å². The van der Waals surface area contributed by atoms with Crippen LogP contribution in [0, 0.1) is 3.57 Å². The zero-order valence-corrected chi connectivity index (χ0v) is 8.45. The molecule has 0 saturated carbocycles. The molecule has 0 aromatic heterocycles. The van der Waals surface area contributed by atoms with E-state index in [0.717, 1.165) is 8.96 Å². The molecule has 0 bridgehead atoms. The maximum absolute atomic E-state index is 9.41. The minimum atomic E-state index is 0.356. The molecule has 2 aromatic rings. The zero-order valence-electron chi connectivity index (χ0n) is 6.29. The normalized spacial score (nSPS) is 10.4. The lowest BCUT2D eigenvalue weighted by atomic mass is 10.1. The van der Waals surface area contributed by atoms with E-state index in [4.69, 9.17) is 0 Å². The standard InChI is InChI=1S/C10H7IO/c11-10-8-4-2-1-3-7(8)5-6-9(10)12/h1-6,12H. The fraction of sp³-hybridized carbons (Fsp3) is 0. The molecule has 60 valence electrons. The molecule has 0 aliphatic rings. The third-order valence-electron chi connectivity index (χ3n) is 1.84. The van der Waals surface area contributed by atoms with Crippen LogP contribution < -0.4 is 0 Å². The van der Waals surface area contributed by atoms with E-state index in [0.29, 0.717) is 5.75 Å². The first-order valence-electron chi connectivity index (χ1n) is 3.65. The Kier molecular flexibility index (Phi) is 1.92. The van der Waals surface area contributed by atoms with Gasteiger partial charge < -0.3 is 5.11 Å². The molecular formula is C10H7IO. The van der Waals surface area contributed by atoms with Crippen molar-refractivity contribution in [2.45, 2.75) is 0 Å². The summed E-state index contributed by atoms with van der Waals surface area (Å²) in [6.45, 7) is 0. The van der Waals surface area contributed by atoms with Gasteiger partial charge >= 0.3 is 0 Å². The molecule has 1 nitrogen and oxygen atoms in total. The highest BCUT2D eigenvalue weighted by Gasteiger charge is 2.01. The molecular weight excluding hydrogens is 263 g/mol. The highest BCUT2D eigenvalue weighted by atomic mass is 127. The molecule has 0 atom stereocenters. The Morgan fingerprint density at radius 1 is 1.00 bits per heavy atom. The third-order valence-corrected chi connectivity index (χ3v) is 2.98. The van der Waals surface area contributed by atoms with Crippen molar-refractivity contribution < 1.29 is 5.11 Å². The van der Waals surface area contributed by atoms with Crippen LogP contribution in [0.25, 0.3) is 10.8 Å². The molecule has 0 fully saturated rings. The Morgan fingerprint density at radius 2 is 1.75 bits per heavy atom. The van der Waals surface area contributed by atoms with Gasteiger partial charge in [0.2, 0.25) is 0 Å². The molecule has 2 aromatic carbocycles. The van der Waals surface area contributed by atoms with Crippen molar-refractivity contribution >= 4 is 33.4 Å². The quantitative estimate of drug-likeness (QED) is 0.729. The first-order chi connectivity index (χ1) is 5.79. The molecule has 0 saturated heterocycles. The van der Waals surface area contributed by atoms with E-state index in [1.807, 2.05) is 30.3 Å². The second-order valence-corrected chi connectivity index (χ2v) is 3.70. The van der Waals surface area contributed by atoms with Crippen LogP contribution in [0.2, 0.25) is 0 Å². The monoisotopic (exact) mass is 270 g/mol. The predicted molar refractivity (Wildman–Crippen MR) is 58.3 cm³/mol. The number of phenolic OH excluding ortho intramolecular Hbond substituents is 1. The third kappa shape index (κ3) is 1.16. The van der Waals surface area contributed by atoms with E-state index < -0.39 is 0 Å². The van der Waals surface area contributed by atoms with Crippen molar-refractivity contribution in [2.75, 3.05) is 0 Å². The van der Waals surface area contributed by atoms with E-state index in [2.05, 4.69) is 22.6 Å². The molecule has 12 heavy (non-hydrogen) atoms. The van der Waals surface area contributed by atoms with Crippen LogP contribution in [0.3, 0.4) is 0 Å². The van der Waals surface area contributed by atoms with Crippen molar-refractivity contribution in [3.05, 3.63) is 40.0 Å². The summed E-state index contributed by atoms with van der Waals surface area (Å²) in [5, 5.41) is 11.7. The Balaban J connectivity index is 2.91. The van der Waals surface area contributed by atoms with Gasteiger partial charge in [-0.25, -0.2) is 0 Å². The van der Waals surface area contributed by atoms with Gasteiger partial charge in [-0.2, -0.15) is 0 Å². The van der Waals surface area contributed by atoms with Gasteiger partial charge in [-0.3, -0.25) is 0 Å². The van der Waals surface area contributed by atoms with Crippen LogP contribution in [-0.2, 0) is 0 Å². The van der Waals surface area contributed by atoms with Gasteiger partial charge in [-0.05, 0) is 39.4 Å². The van der Waals surface area contributed by atoms with Gasteiger partial charge in [-0.1, -0.05) is 30.3 Å². The van der Waals surface area contributed by atoms with E-state index in [1.54, 1.807) is 6.07 Å². The second kappa shape index (κ2) is 2.94. The van der Waals surface area contributed by atoms with Crippen molar-refractivity contribution in [3.63, 3.8) is 0 Å². The lowest BCUT2D eigenvalue weighted by Gasteiger charge is -2.01. The molecule has 0 heterocycles. The smallest absolute Gasteiger partial charge is 0.129 e. The summed E-state index contributed by atoms with van der Waals surface area (Å²) in [7, 11) is 0. The molecule has 0 aliphatic heterocycles. The van der Waals surface area contributed by atoms with Crippen LogP contribution in [0.1, 0.15) is 0 Å². The highest BCUT2D eigenvalue weighted by molar-refractivity contribution is 14.1. The summed E-state index contributed by atoms with van der Waals surface area (Å²) in [6, 6.07) is 11.7. The summed E-state index contributed by atoms with van der Waals surface area (Å²) in [6.07, 6.45) is 0. The number of hydrogen-bond acceptors (Lipinski definition) is 1. The minimum Gasteiger partial charge on any atom is -0.507 e. The van der Waals surface area contributed by atoms with Gasteiger partial charge in [0.05, 0.1) is 3.57 Å². The van der Waals surface area contributed by atoms with Crippen molar-refractivity contribution in [1.29, 1.82) is 0 Å². The topological polar surface area (TPSA) is 20.2 Å². The van der Waals surface area contributed by atoms with Crippen LogP contribution in [0.15, 0.2) is 36.4 Å². The lowest BCUT2D eigenvalue weighted by Crippen LogP contribution is -1.77. The number of benzene rings is 2. The molecule has 0 amide bonds. The number of aromatic hydroxyl groups is 1. The Bertz CT molecular complexity index is 423. The summed E-state index contributed by atoms with van der Waals surface area (Å²) >= 11 is 2.15. The van der Waals surface area contributed by atoms with Crippen LogP contribution in [0.5, 0.6) is 5.75 Å². The molecule has 0 spiro atoms. The largest absolute Gasteiger partial charge is 0.507 e. The van der Waals surface area contributed by atoms with Crippen molar-refractivity contribution in [2.24, 2.45) is 0 Å². The zero-order chi connectivity index (χ0) is 8.55. The molecule has 1 N–H and O–H groups in total. The summed E-state index contributed by atoms with van der Waals surface area (Å²) in [5.41, 5.74) is 0. The first kappa shape index (κ1) is 7.86. The molecule has 2 rings (SSSR count). The molecule has 2 heteroatoms. The summed E-state index contributed by atoms with van der Waals surface area (Å²) in [4.78, 5) is 0. The lowest BCUT2D eigenvalue weighted by molar-refractivity contribution is 0.472. The summed E-state index contributed by atoms with van der Waals surface area (Å²) in [5.74, 6) is 0.356. The molecule has 0 unspecified atom stereocenters. The SMILES string of the molecule is Oc1ccc2ccccc2c1I. The number of hydrogen-bond donors (Lipinski definition) is 1. The minimum absolute atomic E-state index is 0.356. The van der Waals surface area contributed by atoms with Gasteiger partial charge in [0.25, 0.3) is 0 Å². The van der Waals surface area contributed by atoms with Gasteiger partial charge in [0.1, 0.15) is 5.75 Å². The van der Waals surface area contributed by atoms with Crippen LogP contribution >= 0.6 is 22.6 Å².